The number of amides is 6. The van der Waals surface area contributed by atoms with Crippen LogP contribution in [0.4, 0.5) is 9.59 Å². The van der Waals surface area contributed by atoms with Crippen LogP contribution in [0.15, 0.2) is 48.5 Å². The lowest BCUT2D eigenvalue weighted by atomic mass is 9.88. The van der Waals surface area contributed by atoms with Gasteiger partial charge in [-0.3, -0.25) is 20.2 Å². The molecule has 0 bridgehead atoms. The van der Waals surface area contributed by atoms with E-state index in [1.54, 1.807) is 24.3 Å². The Morgan fingerprint density at radius 2 is 1.43 bits per heavy atom. The van der Waals surface area contributed by atoms with Gasteiger partial charge in [0.15, 0.2) is 5.54 Å². The fraction of sp³-hybridized carbons (Fsp3) is 0.158. The lowest BCUT2D eigenvalue weighted by Gasteiger charge is -2.24. The highest BCUT2D eigenvalue weighted by atomic mass is 16.2. The minimum atomic E-state index is -1.27. The van der Waals surface area contributed by atoms with Crippen molar-refractivity contribution in [3.05, 3.63) is 59.7 Å². The van der Waals surface area contributed by atoms with E-state index in [0.717, 1.165) is 11.1 Å². The maximum absolute atomic E-state index is 12.2. The van der Waals surface area contributed by atoms with Crippen molar-refractivity contribution in [3.63, 3.8) is 0 Å². The van der Waals surface area contributed by atoms with Gasteiger partial charge in [0.25, 0.3) is 11.8 Å². The molecular weight excluding hydrogens is 362 g/mol. The minimum absolute atomic E-state index is 0.0617. The monoisotopic (exact) mass is 379 g/mol. The van der Waals surface area contributed by atoms with Gasteiger partial charge >= 0.3 is 12.1 Å². The van der Waals surface area contributed by atoms with Gasteiger partial charge in [-0.1, -0.05) is 48.5 Å². The molecule has 0 spiro atoms. The normalized spacial score (nSPS) is 23.8. The third-order valence-electron chi connectivity index (χ3n) is 4.98. The van der Waals surface area contributed by atoms with Gasteiger partial charge in [0.2, 0.25) is 0 Å². The summed E-state index contributed by atoms with van der Waals surface area (Å²) >= 11 is 0. The minimum Gasteiger partial charge on any atom is -0.327 e. The predicted molar refractivity (Wildman–Crippen MR) is 98.7 cm³/mol. The predicted octanol–water partition coefficient (Wildman–Crippen LogP) is 0.227. The first kappa shape index (κ1) is 17.7. The second kappa shape index (κ2) is 6.46. The molecule has 2 aliphatic heterocycles. The zero-order valence-corrected chi connectivity index (χ0v) is 14.6. The van der Waals surface area contributed by atoms with Gasteiger partial charge in [0, 0.05) is 6.54 Å². The maximum Gasteiger partial charge on any atom is 0.322 e. The van der Waals surface area contributed by atoms with Crippen molar-refractivity contribution >= 4 is 23.9 Å². The van der Waals surface area contributed by atoms with Crippen LogP contribution in [0.1, 0.15) is 17.2 Å². The first-order valence-electron chi connectivity index (χ1n) is 8.59. The largest absolute Gasteiger partial charge is 0.327 e. The molecular formula is C19H17N5O4. The number of nitrogens with one attached hydrogen (secondary N) is 4. The average molecular weight is 379 g/mol. The number of hydrogen-bond acceptors (Lipinski definition) is 5. The van der Waals surface area contributed by atoms with Crippen molar-refractivity contribution in [2.24, 2.45) is 5.73 Å². The van der Waals surface area contributed by atoms with Crippen LogP contribution in [-0.2, 0) is 15.1 Å². The zero-order valence-electron chi connectivity index (χ0n) is 14.6. The summed E-state index contributed by atoms with van der Waals surface area (Å²) in [5.41, 5.74) is 7.53. The summed E-state index contributed by atoms with van der Waals surface area (Å²) < 4.78 is 0. The molecule has 6 amide bonds. The Bertz CT molecular complexity index is 986. The molecule has 2 aromatic rings. The van der Waals surface area contributed by atoms with Crippen molar-refractivity contribution in [2.75, 3.05) is 6.54 Å². The third-order valence-corrected chi connectivity index (χ3v) is 4.98. The summed E-state index contributed by atoms with van der Waals surface area (Å²) in [6.07, 6.45) is 0. The highest BCUT2D eigenvalue weighted by Crippen LogP contribution is 2.28. The molecule has 2 saturated heterocycles. The number of nitrogens with two attached hydrogens (primary N) is 1. The van der Waals surface area contributed by atoms with Crippen LogP contribution in [0, 0.1) is 0 Å². The average Bonchev–Trinajstić information content (AvgIpc) is 3.19. The number of hydrogen-bond donors (Lipinski definition) is 5. The molecule has 0 saturated carbocycles. The fourth-order valence-corrected chi connectivity index (χ4v) is 3.42. The Hall–Kier alpha value is -3.72. The molecule has 28 heavy (non-hydrogen) atoms. The van der Waals surface area contributed by atoms with E-state index in [0.29, 0.717) is 11.1 Å². The highest BCUT2D eigenvalue weighted by Gasteiger charge is 2.46. The molecule has 2 fully saturated rings. The number of carbonyl (C=O) groups is 4. The lowest BCUT2D eigenvalue weighted by Crippen LogP contribution is -2.49. The zero-order chi connectivity index (χ0) is 19.9. The van der Waals surface area contributed by atoms with Gasteiger partial charge in [-0.2, -0.15) is 0 Å². The van der Waals surface area contributed by atoms with Crippen LogP contribution >= 0.6 is 0 Å². The maximum atomic E-state index is 12.2. The Morgan fingerprint density at radius 1 is 0.821 bits per heavy atom. The van der Waals surface area contributed by atoms with Gasteiger partial charge in [0.1, 0.15) is 6.04 Å². The van der Waals surface area contributed by atoms with Crippen LogP contribution in [-0.4, -0.2) is 30.4 Å². The Morgan fingerprint density at radius 3 is 1.89 bits per heavy atom. The Labute approximate surface area is 159 Å². The van der Waals surface area contributed by atoms with E-state index in [1.165, 1.54) is 0 Å². The van der Waals surface area contributed by atoms with Crippen LogP contribution < -0.4 is 27.0 Å². The molecule has 0 radical (unpaired) electrons. The number of benzene rings is 2. The summed E-state index contributed by atoms with van der Waals surface area (Å²) in [5.74, 6) is -0.861. The number of carbonyl (C=O) groups excluding carboxylic acids is 4. The van der Waals surface area contributed by atoms with Gasteiger partial charge < -0.3 is 16.4 Å². The van der Waals surface area contributed by atoms with E-state index < -0.39 is 29.6 Å². The molecule has 4 rings (SSSR count). The summed E-state index contributed by atoms with van der Waals surface area (Å²) in [6.45, 7) is -0.0617. The second-order valence-corrected chi connectivity index (χ2v) is 6.61. The van der Waals surface area contributed by atoms with Crippen molar-refractivity contribution in [1.29, 1.82) is 0 Å². The number of urea groups is 2. The highest BCUT2D eigenvalue weighted by molar-refractivity contribution is 6.07. The lowest BCUT2D eigenvalue weighted by molar-refractivity contribution is -0.124. The van der Waals surface area contributed by atoms with Gasteiger partial charge in [0.05, 0.1) is 0 Å². The van der Waals surface area contributed by atoms with Gasteiger partial charge in [-0.05, 0) is 22.3 Å². The fourth-order valence-electron chi connectivity index (χ4n) is 3.42. The summed E-state index contributed by atoms with van der Waals surface area (Å²) in [6, 6.07) is 12.6. The standard InChI is InChI=1S/C19H17N5O4/c20-9-19(16(26)23-18(28)24-19)13-7-5-11(6-8-13)10-1-3-12(4-2-10)14-15(25)22-17(27)21-14/h1-8,14H,9,20H2,(H2,21,22,25,27)(H2,23,24,26,28). The first-order chi connectivity index (χ1) is 13.4. The molecule has 6 N–H and O–H groups in total. The quantitative estimate of drug-likeness (QED) is 0.483. The topological polar surface area (TPSA) is 142 Å². The molecule has 2 atom stereocenters. The van der Waals surface area contributed by atoms with E-state index >= 15 is 0 Å². The van der Waals surface area contributed by atoms with Crippen LogP contribution in [0.3, 0.4) is 0 Å². The molecule has 2 aliphatic rings. The Kier molecular flexibility index (Phi) is 4.08. The van der Waals surface area contributed by atoms with Crippen molar-refractivity contribution < 1.29 is 19.2 Å². The number of imide groups is 2. The van der Waals surface area contributed by atoms with Crippen molar-refractivity contribution in [2.45, 2.75) is 11.6 Å². The first-order valence-corrected chi connectivity index (χ1v) is 8.59. The van der Waals surface area contributed by atoms with Crippen LogP contribution in [0.25, 0.3) is 11.1 Å². The van der Waals surface area contributed by atoms with Gasteiger partial charge in [-0.15, -0.1) is 0 Å². The van der Waals surface area contributed by atoms with Crippen LogP contribution in [0.2, 0.25) is 0 Å². The molecule has 9 heteroatoms. The molecule has 0 aromatic heterocycles. The smallest absolute Gasteiger partial charge is 0.322 e. The second-order valence-electron chi connectivity index (χ2n) is 6.61. The van der Waals surface area contributed by atoms with E-state index in [-0.39, 0.29) is 12.5 Å². The Balaban J connectivity index is 1.58. The molecule has 142 valence electrons. The molecule has 2 aromatic carbocycles. The molecule has 2 heterocycles. The van der Waals surface area contributed by atoms with Crippen molar-refractivity contribution in [3.8, 4) is 11.1 Å². The summed E-state index contributed by atoms with van der Waals surface area (Å²) in [7, 11) is 0. The third kappa shape index (κ3) is 2.78. The van der Waals surface area contributed by atoms with Crippen molar-refractivity contribution in [1.82, 2.24) is 21.3 Å². The SMILES string of the molecule is NCC1(c2ccc(-c3ccc(C4NC(=O)NC4=O)cc3)cc2)NC(=O)NC1=O. The van der Waals surface area contributed by atoms with Gasteiger partial charge in [-0.25, -0.2) is 9.59 Å². The van der Waals surface area contributed by atoms with E-state index in [1.807, 2.05) is 24.3 Å². The summed E-state index contributed by atoms with van der Waals surface area (Å²) in [5, 5.41) is 9.55. The van der Waals surface area contributed by atoms with Crippen LogP contribution in [0.5, 0.6) is 0 Å². The molecule has 2 unspecified atom stereocenters. The van der Waals surface area contributed by atoms with E-state index in [2.05, 4.69) is 21.3 Å². The number of rotatable bonds is 4. The summed E-state index contributed by atoms with van der Waals surface area (Å²) in [4.78, 5) is 46.7. The van der Waals surface area contributed by atoms with E-state index in [4.69, 9.17) is 5.73 Å². The molecule has 0 aliphatic carbocycles. The molecule has 9 nitrogen and oxygen atoms in total. The van der Waals surface area contributed by atoms with E-state index in [9.17, 15) is 19.2 Å².